The van der Waals surface area contributed by atoms with E-state index < -0.39 is 5.91 Å². The number of piperazine rings is 1. The van der Waals surface area contributed by atoms with Crippen LogP contribution >= 0.6 is 0 Å². The summed E-state index contributed by atoms with van der Waals surface area (Å²) in [5.74, 6) is -0.259. The number of carbonyl (C=O) groups is 1. The van der Waals surface area contributed by atoms with Crippen LogP contribution in [-0.2, 0) is 0 Å². The van der Waals surface area contributed by atoms with E-state index in [0.717, 1.165) is 37.4 Å². The standard InChI is InChI=1S/C23H27FN6O2/c1-28(2)18-9-7-17(8-10-18)21-26-23(32-27-21)22(31)25-11-12-29-13-15-30(16-14-29)20-6-4-3-5-19(20)24/h3-10H,11-16H2,1-2H3,(H,25,31). The first-order valence-electron chi connectivity index (χ1n) is 10.6. The molecule has 0 unspecified atom stereocenters. The zero-order valence-corrected chi connectivity index (χ0v) is 18.3. The Balaban J connectivity index is 1.23. The highest BCUT2D eigenvalue weighted by molar-refractivity contribution is 5.89. The molecule has 3 aromatic rings. The molecule has 1 N–H and O–H groups in total. The summed E-state index contributed by atoms with van der Waals surface area (Å²) in [5.41, 5.74) is 2.49. The van der Waals surface area contributed by atoms with Crippen LogP contribution in [0.25, 0.3) is 11.4 Å². The van der Waals surface area contributed by atoms with Crippen molar-refractivity contribution in [2.75, 3.05) is 63.2 Å². The van der Waals surface area contributed by atoms with Crippen LogP contribution in [-0.4, -0.2) is 74.3 Å². The van der Waals surface area contributed by atoms with Gasteiger partial charge in [-0.25, -0.2) is 4.39 Å². The number of benzene rings is 2. The summed E-state index contributed by atoms with van der Waals surface area (Å²) in [5, 5.41) is 6.75. The summed E-state index contributed by atoms with van der Waals surface area (Å²) >= 11 is 0. The van der Waals surface area contributed by atoms with E-state index in [1.165, 1.54) is 6.07 Å². The van der Waals surface area contributed by atoms with Gasteiger partial charge in [0.2, 0.25) is 5.82 Å². The van der Waals surface area contributed by atoms with E-state index >= 15 is 0 Å². The van der Waals surface area contributed by atoms with Crippen LogP contribution in [0.1, 0.15) is 10.7 Å². The molecular weight excluding hydrogens is 411 g/mol. The maximum atomic E-state index is 14.0. The van der Waals surface area contributed by atoms with E-state index in [1.54, 1.807) is 12.1 Å². The van der Waals surface area contributed by atoms with Gasteiger partial charge in [-0.2, -0.15) is 4.98 Å². The maximum Gasteiger partial charge on any atom is 0.316 e. The van der Waals surface area contributed by atoms with E-state index in [9.17, 15) is 9.18 Å². The number of carbonyl (C=O) groups excluding carboxylic acids is 1. The Kier molecular flexibility index (Phi) is 6.65. The van der Waals surface area contributed by atoms with Crippen LogP contribution in [0.4, 0.5) is 15.8 Å². The van der Waals surface area contributed by atoms with Crippen molar-refractivity contribution in [3.8, 4) is 11.4 Å². The number of nitrogens with one attached hydrogen (secondary N) is 1. The zero-order valence-electron chi connectivity index (χ0n) is 18.3. The Morgan fingerprint density at radius 3 is 2.50 bits per heavy atom. The second-order valence-electron chi connectivity index (χ2n) is 7.90. The molecule has 168 valence electrons. The SMILES string of the molecule is CN(C)c1ccc(-c2noc(C(=O)NCCN3CCN(c4ccccc4F)CC3)n2)cc1. The largest absolute Gasteiger partial charge is 0.378 e. The summed E-state index contributed by atoms with van der Waals surface area (Å²) in [7, 11) is 3.93. The Morgan fingerprint density at radius 2 is 1.81 bits per heavy atom. The van der Waals surface area contributed by atoms with Gasteiger partial charge in [-0.15, -0.1) is 0 Å². The quantitative estimate of drug-likeness (QED) is 0.607. The minimum absolute atomic E-state index is 0.0546. The lowest BCUT2D eigenvalue weighted by atomic mass is 10.2. The maximum absolute atomic E-state index is 14.0. The van der Waals surface area contributed by atoms with Gasteiger partial charge in [0, 0.05) is 64.6 Å². The zero-order chi connectivity index (χ0) is 22.5. The van der Waals surface area contributed by atoms with Gasteiger partial charge >= 0.3 is 11.8 Å². The van der Waals surface area contributed by atoms with Crippen molar-refractivity contribution in [3.05, 3.63) is 60.2 Å². The molecule has 2 aromatic carbocycles. The van der Waals surface area contributed by atoms with Gasteiger partial charge in [0.1, 0.15) is 5.82 Å². The highest BCUT2D eigenvalue weighted by Crippen LogP contribution is 2.21. The smallest absolute Gasteiger partial charge is 0.316 e. The third-order valence-electron chi connectivity index (χ3n) is 5.54. The third-order valence-corrected chi connectivity index (χ3v) is 5.54. The van der Waals surface area contributed by atoms with Crippen LogP contribution in [0.3, 0.4) is 0 Å². The molecule has 0 saturated carbocycles. The lowest BCUT2D eigenvalue weighted by molar-refractivity contribution is 0.0904. The molecule has 1 saturated heterocycles. The van der Waals surface area contributed by atoms with Gasteiger partial charge in [-0.05, 0) is 36.4 Å². The average Bonchev–Trinajstić information content (AvgIpc) is 3.30. The summed E-state index contributed by atoms with van der Waals surface area (Å²) in [6, 6.07) is 14.5. The molecule has 1 aliphatic rings. The lowest BCUT2D eigenvalue weighted by Crippen LogP contribution is -2.48. The first-order chi connectivity index (χ1) is 15.5. The highest BCUT2D eigenvalue weighted by atomic mass is 19.1. The van der Waals surface area contributed by atoms with Gasteiger partial charge in [0.25, 0.3) is 0 Å². The number of para-hydroxylation sites is 1. The number of halogens is 1. The monoisotopic (exact) mass is 438 g/mol. The minimum Gasteiger partial charge on any atom is -0.378 e. The molecule has 1 amide bonds. The fourth-order valence-corrected chi connectivity index (χ4v) is 3.67. The van der Waals surface area contributed by atoms with Crippen LogP contribution < -0.4 is 15.1 Å². The highest BCUT2D eigenvalue weighted by Gasteiger charge is 2.20. The Bertz CT molecular complexity index is 1040. The van der Waals surface area contributed by atoms with Crippen LogP contribution in [0.5, 0.6) is 0 Å². The van der Waals surface area contributed by atoms with Crippen molar-refractivity contribution in [1.82, 2.24) is 20.4 Å². The molecular formula is C23H27FN6O2. The number of nitrogens with zero attached hydrogens (tertiary/aromatic N) is 5. The van der Waals surface area contributed by atoms with E-state index in [0.29, 0.717) is 24.6 Å². The molecule has 0 aliphatic carbocycles. The fraction of sp³-hybridized carbons (Fsp3) is 0.348. The molecule has 0 radical (unpaired) electrons. The average molecular weight is 439 g/mol. The van der Waals surface area contributed by atoms with Gasteiger partial charge in [-0.1, -0.05) is 17.3 Å². The van der Waals surface area contributed by atoms with Crippen molar-refractivity contribution >= 4 is 17.3 Å². The molecule has 9 heteroatoms. The summed E-state index contributed by atoms with van der Waals surface area (Å²) in [4.78, 5) is 22.9. The molecule has 1 aromatic heterocycles. The van der Waals surface area contributed by atoms with Crippen molar-refractivity contribution < 1.29 is 13.7 Å². The second-order valence-corrected chi connectivity index (χ2v) is 7.90. The number of anilines is 2. The third kappa shape index (κ3) is 5.05. The molecule has 4 rings (SSSR count). The topological polar surface area (TPSA) is 77.7 Å². The van der Waals surface area contributed by atoms with Gasteiger partial charge in [0.15, 0.2) is 0 Å². The Morgan fingerprint density at radius 1 is 1.09 bits per heavy atom. The number of amides is 1. The first-order valence-corrected chi connectivity index (χ1v) is 10.6. The van der Waals surface area contributed by atoms with Crippen LogP contribution in [0.2, 0.25) is 0 Å². The predicted octanol–water partition coefficient (Wildman–Crippen LogP) is 2.49. The first kappa shape index (κ1) is 21.8. The van der Waals surface area contributed by atoms with Crippen molar-refractivity contribution in [3.63, 3.8) is 0 Å². The second kappa shape index (κ2) is 9.78. The number of rotatable bonds is 7. The number of aromatic nitrogens is 2. The predicted molar refractivity (Wildman–Crippen MR) is 121 cm³/mol. The Labute approximate surface area is 186 Å². The van der Waals surface area contributed by atoms with E-state index in [4.69, 9.17) is 4.52 Å². The van der Waals surface area contributed by atoms with E-state index in [1.807, 2.05) is 49.3 Å². The molecule has 0 bridgehead atoms. The fourth-order valence-electron chi connectivity index (χ4n) is 3.67. The molecule has 1 fully saturated rings. The number of hydrogen-bond acceptors (Lipinski definition) is 7. The van der Waals surface area contributed by atoms with Gasteiger partial charge in [0.05, 0.1) is 5.69 Å². The van der Waals surface area contributed by atoms with Crippen molar-refractivity contribution in [2.24, 2.45) is 0 Å². The Hall–Kier alpha value is -3.46. The van der Waals surface area contributed by atoms with Crippen molar-refractivity contribution in [1.29, 1.82) is 0 Å². The lowest BCUT2D eigenvalue weighted by Gasteiger charge is -2.36. The molecule has 32 heavy (non-hydrogen) atoms. The summed E-state index contributed by atoms with van der Waals surface area (Å²) < 4.78 is 19.1. The van der Waals surface area contributed by atoms with Crippen LogP contribution in [0, 0.1) is 5.82 Å². The normalized spacial score (nSPS) is 14.4. The molecule has 2 heterocycles. The van der Waals surface area contributed by atoms with Gasteiger partial charge < -0.3 is 19.6 Å². The molecule has 0 spiro atoms. The molecule has 1 aliphatic heterocycles. The minimum atomic E-state index is -0.390. The molecule has 0 atom stereocenters. The summed E-state index contributed by atoms with van der Waals surface area (Å²) in [6.07, 6.45) is 0. The number of hydrogen-bond donors (Lipinski definition) is 1. The van der Waals surface area contributed by atoms with E-state index in [2.05, 4.69) is 25.3 Å². The van der Waals surface area contributed by atoms with Crippen LogP contribution in [0.15, 0.2) is 53.1 Å². The molecule has 8 nitrogen and oxygen atoms in total. The van der Waals surface area contributed by atoms with Gasteiger partial charge in [-0.3, -0.25) is 9.69 Å². The van der Waals surface area contributed by atoms with E-state index in [-0.39, 0.29) is 11.7 Å². The summed E-state index contributed by atoms with van der Waals surface area (Å²) in [6.45, 7) is 4.26. The van der Waals surface area contributed by atoms with Crippen molar-refractivity contribution in [2.45, 2.75) is 0 Å².